The Morgan fingerprint density at radius 2 is 1.82 bits per heavy atom. The molecule has 0 aliphatic heterocycles. The summed E-state index contributed by atoms with van der Waals surface area (Å²) in [5, 5.41) is 31.1. The van der Waals surface area contributed by atoms with Gasteiger partial charge in [0.25, 0.3) is 0 Å². The number of nitrogens with one attached hydrogen (secondary N) is 1. The molecule has 0 bridgehead atoms. The summed E-state index contributed by atoms with van der Waals surface area (Å²) in [6.07, 6.45) is -3.76. The quantitative estimate of drug-likeness (QED) is 0.521. The summed E-state index contributed by atoms with van der Waals surface area (Å²) in [5.74, 6) is -1.70. The van der Waals surface area contributed by atoms with E-state index in [0.717, 1.165) is 11.6 Å². The van der Waals surface area contributed by atoms with Gasteiger partial charge in [-0.1, -0.05) is 42.5 Å². The maximum atomic E-state index is 14.0. The molecule has 0 aliphatic rings. The van der Waals surface area contributed by atoms with Crippen molar-refractivity contribution in [1.29, 1.82) is 0 Å². The first-order valence-electron chi connectivity index (χ1n) is 8.67. The van der Waals surface area contributed by atoms with Crippen LogP contribution in [-0.4, -0.2) is 40.0 Å². The lowest BCUT2D eigenvalue weighted by Crippen LogP contribution is -2.35. The predicted octanol–water partition coefficient (Wildman–Crippen LogP) is 2.16. The second kappa shape index (κ2) is 10.4. The molecule has 0 saturated heterocycles. The van der Waals surface area contributed by atoms with E-state index in [1.807, 2.05) is 18.2 Å². The first-order chi connectivity index (χ1) is 13.4. The van der Waals surface area contributed by atoms with Gasteiger partial charge in [0, 0.05) is 13.0 Å². The Morgan fingerprint density at radius 3 is 2.46 bits per heavy atom. The van der Waals surface area contributed by atoms with Crippen LogP contribution in [0.25, 0.3) is 0 Å². The van der Waals surface area contributed by atoms with Crippen LogP contribution in [0, 0.1) is 5.82 Å². The molecule has 0 fully saturated rings. The molecule has 0 saturated carbocycles. The molecule has 0 spiro atoms. The molecule has 2 unspecified atom stereocenters. The number of amides is 1. The van der Waals surface area contributed by atoms with Crippen molar-refractivity contribution < 1.29 is 34.0 Å². The third-order valence-electron chi connectivity index (χ3n) is 4.06. The SMILES string of the molecule is O=C(O)CCc1ccc(C(O)C(O)CNC(=O)OCc2ccccc2)cc1F. The average Bonchev–Trinajstić information content (AvgIpc) is 2.69. The monoisotopic (exact) mass is 391 g/mol. The van der Waals surface area contributed by atoms with Crippen molar-refractivity contribution >= 4 is 12.1 Å². The average molecular weight is 391 g/mol. The van der Waals surface area contributed by atoms with E-state index < -0.39 is 30.1 Å². The zero-order valence-corrected chi connectivity index (χ0v) is 15.0. The number of aryl methyl sites for hydroxylation is 1. The highest BCUT2D eigenvalue weighted by Crippen LogP contribution is 2.20. The number of carboxylic acid groups (broad SMARTS) is 1. The van der Waals surface area contributed by atoms with Crippen LogP contribution >= 0.6 is 0 Å². The number of hydrogen-bond donors (Lipinski definition) is 4. The molecule has 0 aliphatic carbocycles. The third-order valence-corrected chi connectivity index (χ3v) is 4.06. The lowest BCUT2D eigenvalue weighted by molar-refractivity contribution is -0.136. The maximum absolute atomic E-state index is 14.0. The van der Waals surface area contributed by atoms with Crippen LogP contribution < -0.4 is 5.32 Å². The van der Waals surface area contributed by atoms with Crippen molar-refractivity contribution in [1.82, 2.24) is 5.32 Å². The van der Waals surface area contributed by atoms with E-state index in [2.05, 4.69) is 5.32 Å². The molecule has 2 atom stereocenters. The van der Waals surface area contributed by atoms with Crippen LogP contribution in [0.4, 0.5) is 9.18 Å². The topological polar surface area (TPSA) is 116 Å². The Balaban J connectivity index is 1.82. The highest BCUT2D eigenvalue weighted by atomic mass is 19.1. The van der Waals surface area contributed by atoms with E-state index in [4.69, 9.17) is 9.84 Å². The number of aliphatic carboxylic acids is 1. The fourth-order valence-corrected chi connectivity index (χ4v) is 2.49. The van der Waals surface area contributed by atoms with Crippen LogP contribution in [0.2, 0.25) is 0 Å². The number of aliphatic hydroxyl groups excluding tert-OH is 2. The second-order valence-electron chi connectivity index (χ2n) is 6.20. The molecule has 150 valence electrons. The highest BCUT2D eigenvalue weighted by Gasteiger charge is 2.20. The summed E-state index contributed by atoms with van der Waals surface area (Å²) in [4.78, 5) is 22.2. The minimum atomic E-state index is -1.43. The Bertz CT molecular complexity index is 799. The summed E-state index contributed by atoms with van der Waals surface area (Å²) < 4.78 is 19.0. The van der Waals surface area contributed by atoms with Crippen LogP contribution in [-0.2, 0) is 22.6 Å². The Hall–Kier alpha value is -2.97. The molecule has 2 aromatic rings. The highest BCUT2D eigenvalue weighted by molar-refractivity contribution is 5.67. The first kappa shape index (κ1) is 21.3. The zero-order valence-electron chi connectivity index (χ0n) is 15.0. The Labute approximate surface area is 161 Å². The number of aliphatic hydroxyl groups is 2. The van der Waals surface area contributed by atoms with Gasteiger partial charge in [0.15, 0.2) is 0 Å². The van der Waals surface area contributed by atoms with Crippen molar-refractivity contribution in [3.05, 3.63) is 71.0 Å². The Morgan fingerprint density at radius 1 is 1.11 bits per heavy atom. The lowest BCUT2D eigenvalue weighted by Gasteiger charge is -2.19. The summed E-state index contributed by atoms with van der Waals surface area (Å²) in [6, 6.07) is 12.8. The number of rotatable bonds is 9. The number of alkyl carbamates (subject to hydrolysis) is 1. The minimum Gasteiger partial charge on any atom is -0.481 e. The standard InChI is InChI=1S/C20H22FNO6/c21-16-10-15(7-6-14(16)8-9-18(24)25)19(26)17(23)11-22-20(27)28-12-13-4-2-1-3-5-13/h1-7,10,17,19,23,26H,8-9,11-12H2,(H,22,27)(H,24,25). The molecule has 8 heteroatoms. The van der Waals surface area contributed by atoms with Gasteiger partial charge in [-0.05, 0) is 29.2 Å². The number of halogens is 1. The van der Waals surface area contributed by atoms with Gasteiger partial charge in [0.05, 0.1) is 0 Å². The molecular weight excluding hydrogens is 369 g/mol. The normalized spacial score (nSPS) is 12.8. The largest absolute Gasteiger partial charge is 0.481 e. The molecule has 2 rings (SSSR count). The minimum absolute atomic E-state index is 0.0227. The van der Waals surface area contributed by atoms with E-state index in [1.54, 1.807) is 12.1 Å². The Kier molecular flexibility index (Phi) is 7.91. The number of carbonyl (C=O) groups is 2. The van der Waals surface area contributed by atoms with E-state index >= 15 is 0 Å². The van der Waals surface area contributed by atoms with Gasteiger partial charge < -0.3 is 25.4 Å². The number of hydrogen-bond acceptors (Lipinski definition) is 5. The predicted molar refractivity (Wildman–Crippen MR) is 98.0 cm³/mol. The van der Waals surface area contributed by atoms with Crippen LogP contribution in [0.5, 0.6) is 0 Å². The van der Waals surface area contributed by atoms with Gasteiger partial charge >= 0.3 is 12.1 Å². The van der Waals surface area contributed by atoms with Crippen molar-refractivity contribution in [2.24, 2.45) is 0 Å². The maximum Gasteiger partial charge on any atom is 0.407 e. The smallest absolute Gasteiger partial charge is 0.407 e. The van der Waals surface area contributed by atoms with Gasteiger partial charge in [-0.3, -0.25) is 4.79 Å². The summed E-state index contributed by atoms with van der Waals surface area (Å²) in [5.41, 5.74) is 1.12. The van der Waals surface area contributed by atoms with Gasteiger partial charge in [-0.2, -0.15) is 0 Å². The molecule has 0 heterocycles. The molecule has 0 radical (unpaired) electrons. The van der Waals surface area contributed by atoms with Gasteiger partial charge in [-0.25, -0.2) is 9.18 Å². The third kappa shape index (κ3) is 6.64. The molecular formula is C20H22FNO6. The van der Waals surface area contributed by atoms with Crippen LogP contribution in [0.15, 0.2) is 48.5 Å². The molecule has 1 amide bonds. The molecule has 28 heavy (non-hydrogen) atoms. The lowest BCUT2D eigenvalue weighted by atomic mass is 10.0. The first-order valence-corrected chi connectivity index (χ1v) is 8.67. The van der Waals surface area contributed by atoms with E-state index in [9.17, 15) is 24.2 Å². The summed E-state index contributed by atoms with van der Waals surface area (Å²) in [6.45, 7) is -0.231. The van der Waals surface area contributed by atoms with Crippen molar-refractivity contribution in [2.45, 2.75) is 31.7 Å². The van der Waals surface area contributed by atoms with E-state index in [-0.39, 0.29) is 37.1 Å². The zero-order chi connectivity index (χ0) is 20.5. The van der Waals surface area contributed by atoms with Crippen LogP contribution in [0.3, 0.4) is 0 Å². The molecule has 0 aromatic heterocycles. The fourth-order valence-electron chi connectivity index (χ4n) is 2.49. The van der Waals surface area contributed by atoms with Gasteiger partial charge in [0.1, 0.15) is 24.6 Å². The second-order valence-corrected chi connectivity index (χ2v) is 6.20. The van der Waals surface area contributed by atoms with Crippen molar-refractivity contribution in [3.63, 3.8) is 0 Å². The number of carbonyl (C=O) groups excluding carboxylic acids is 1. The summed E-state index contributed by atoms with van der Waals surface area (Å²) in [7, 11) is 0. The molecule has 4 N–H and O–H groups in total. The number of benzene rings is 2. The summed E-state index contributed by atoms with van der Waals surface area (Å²) >= 11 is 0. The van der Waals surface area contributed by atoms with Crippen molar-refractivity contribution in [2.75, 3.05) is 6.54 Å². The molecule has 2 aromatic carbocycles. The van der Waals surface area contributed by atoms with Crippen molar-refractivity contribution in [3.8, 4) is 0 Å². The number of carboxylic acids is 1. The number of ether oxygens (including phenoxy) is 1. The molecule has 7 nitrogen and oxygen atoms in total. The fraction of sp³-hybridized carbons (Fsp3) is 0.300. The van der Waals surface area contributed by atoms with E-state index in [1.165, 1.54) is 12.1 Å². The van der Waals surface area contributed by atoms with Gasteiger partial charge in [-0.15, -0.1) is 0 Å². The van der Waals surface area contributed by atoms with Gasteiger partial charge in [0.2, 0.25) is 0 Å². The van der Waals surface area contributed by atoms with E-state index in [0.29, 0.717) is 0 Å². The van der Waals surface area contributed by atoms with Crippen LogP contribution in [0.1, 0.15) is 29.2 Å².